The Labute approximate surface area is 551 Å². The smallest absolute Gasteiger partial charge is 0.305 e. The molecule has 0 aromatic carbocycles. The summed E-state index contributed by atoms with van der Waals surface area (Å²) in [5.74, 6) is -0.0139. The number of hydrogen-bond acceptors (Lipinski definition) is 5. The lowest BCUT2D eigenvalue weighted by atomic mass is 10.0. The van der Waals surface area contributed by atoms with E-state index in [9.17, 15) is 19.8 Å². The van der Waals surface area contributed by atoms with Crippen molar-refractivity contribution in [2.45, 2.75) is 475 Å². The number of carbonyl (C=O) groups excluding carboxylic acids is 2. The van der Waals surface area contributed by atoms with Crippen LogP contribution in [-0.2, 0) is 14.3 Å². The van der Waals surface area contributed by atoms with Gasteiger partial charge in [-0.3, -0.25) is 9.59 Å². The molecular weight excluding hydrogens is 1080 g/mol. The fourth-order valence-electron chi connectivity index (χ4n) is 13.0. The van der Waals surface area contributed by atoms with Crippen molar-refractivity contribution >= 4 is 11.9 Å². The molecule has 6 heteroatoms. The van der Waals surface area contributed by atoms with Crippen molar-refractivity contribution in [1.82, 2.24) is 5.32 Å². The van der Waals surface area contributed by atoms with Crippen molar-refractivity contribution in [2.75, 3.05) is 13.2 Å². The topological polar surface area (TPSA) is 95.9 Å². The first kappa shape index (κ1) is 86.3. The van der Waals surface area contributed by atoms with Gasteiger partial charge in [-0.05, 0) is 77.0 Å². The van der Waals surface area contributed by atoms with Gasteiger partial charge in [-0.15, -0.1) is 0 Å². The first-order valence-electron chi connectivity index (χ1n) is 40.6. The molecule has 0 aromatic heterocycles. The van der Waals surface area contributed by atoms with Gasteiger partial charge in [0, 0.05) is 12.8 Å². The summed E-state index contributed by atoms with van der Waals surface area (Å²) in [7, 11) is 0. The Morgan fingerprint density at radius 3 is 0.807 bits per heavy atom. The second-order valence-corrected chi connectivity index (χ2v) is 28.1. The van der Waals surface area contributed by atoms with Crippen LogP contribution in [0.1, 0.15) is 463 Å². The molecule has 0 radical (unpaired) electrons. The summed E-state index contributed by atoms with van der Waals surface area (Å²) < 4.78 is 5.52. The zero-order valence-electron chi connectivity index (χ0n) is 60.0. The normalized spacial score (nSPS) is 12.5. The van der Waals surface area contributed by atoms with Gasteiger partial charge in [0.2, 0.25) is 5.91 Å². The van der Waals surface area contributed by atoms with Crippen LogP contribution in [-0.4, -0.2) is 47.4 Å². The minimum absolute atomic E-state index is 0.0160. The number of aliphatic hydroxyl groups is 2. The zero-order chi connectivity index (χ0) is 63.5. The SMILES string of the molecule is CCCCCCCC/C=C\CCCCCCCCCCCC(=O)OCCCCCCCCCCCCCC/C=C\CCCCCCCCCCCCCC(=O)NC(CO)C(O)CCCCCCCCCCCCCCCCCCCCCCCCCCC. The van der Waals surface area contributed by atoms with Gasteiger partial charge in [0.25, 0.3) is 0 Å². The average Bonchev–Trinajstić information content (AvgIpc) is 3.58. The van der Waals surface area contributed by atoms with Crippen LogP contribution < -0.4 is 5.32 Å². The molecule has 0 aliphatic rings. The van der Waals surface area contributed by atoms with E-state index in [-0.39, 0.29) is 18.5 Å². The van der Waals surface area contributed by atoms with Crippen molar-refractivity contribution in [1.29, 1.82) is 0 Å². The monoisotopic (exact) mass is 1240 g/mol. The van der Waals surface area contributed by atoms with Gasteiger partial charge in [0.05, 0.1) is 25.4 Å². The number of esters is 1. The standard InChI is InChI=1S/C82H159NO5/c1-3-5-7-9-11-13-15-17-19-21-23-24-25-29-32-35-39-42-46-50-54-58-62-66-70-74-80(85)79(78-84)83-81(86)75-71-67-63-59-55-51-47-43-40-36-33-30-27-26-28-31-34-37-41-45-49-53-57-61-65-69-73-77-88-82(87)76-72-68-64-60-56-52-48-44-38-22-20-18-16-14-12-10-8-6-4-2/h18,20,26-27,79-80,84-85H,3-17,19,21-25,28-78H2,1-2H3,(H,83,86)/b20-18-,27-26-. The Morgan fingerprint density at radius 2 is 0.534 bits per heavy atom. The first-order chi connectivity index (χ1) is 43.5. The van der Waals surface area contributed by atoms with E-state index in [0.717, 1.165) is 38.5 Å². The van der Waals surface area contributed by atoms with Crippen molar-refractivity contribution in [3.8, 4) is 0 Å². The summed E-state index contributed by atoms with van der Waals surface area (Å²) in [6, 6.07) is -0.544. The number of nitrogens with one attached hydrogen (secondary N) is 1. The van der Waals surface area contributed by atoms with Gasteiger partial charge in [0.1, 0.15) is 0 Å². The average molecular weight is 1240 g/mol. The fraction of sp³-hybridized carbons (Fsp3) is 0.927. The molecule has 88 heavy (non-hydrogen) atoms. The third-order valence-electron chi connectivity index (χ3n) is 19.2. The maximum Gasteiger partial charge on any atom is 0.305 e. The van der Waals surface area contributed by atoms with Crippen LogP contribution in [0.2, 0.25) is 0 Å². The van der Waals surface area contributed by atoms with Crippen LogP contribution in [0.3, 0.4) is 0 Å². The quantitative estimate of drug-likeness (QED) is 0.0320. The molecule has 6 nitrogen and oxygen atoms in total. The van der Waals surface area contributed by atoms with Gasteiger partial charge in [0.15, 0.2) is 0 Å². The molecule has 0 saturated carbocycles. The Bertz CT molecular complexity index is 1380. The van der Waals surface area contributed by atoms with E-state index in [1.807, 2.05) is 0 Å². The summed E-state index contributed by atoms with van der Waals surface area (Å²) in [5.41, 5.74) is 0. The summed E-state index contributed by atoms with van der Waals surface area (Å²) in [6.45, 7) is 5.00. The maximum absolute atomic E-state index is 12.6. The van der Waals surface area contributed by atoms with E-state index in [1.54, 1.807) is 0 Å². The molecule has 0 aliphatic heterocycles. The molecular formula is C82H159NO5. The molecule has 0 aromatic rings. The summed E-state index contributed by atoms with van der Waals surface area (Å²) in [5, 5.41) is 23.5. The highest BCUT2D eigenvalue weighted by molar-refractivity contribution is 5.76. The molecule has 2 atom stereocenters. The van der Waals surface area contributed by atoms with Crippen molar-refractivity contribution in [3.63, 3.8) is 0 Å². The molecule has 1 amide bonds. The maximum atomic E-state index is 12.6. The summed E-state index contributed by atoms with van der Waals surface area (Å²) in [4.78, 5) is 24.7. The number of rotatable bonds is 77. The van der Waals surface area contributed by atoms with Gasteiger partial charge in [-0.25, -0.2) is 0 Å². The van der Waals surface area contributed by atoms with Gasteiger partial charge >= 0.3 is 5.97 Å². The van der Waals surface area contributed by atoms with Crippen molar-refractivity contribution in [3.05, 3.63) is 24.3 Å². The fourth-order valence-corrected chi connectivity index (χ4v) is 13.0. The Balaban J connectivity index is 3.37. The van der Waals surface area contributed by atoms with Gasteiger partial charge in [-0.2, -0.15) is 0 Å². The van der Waals surface area contributed by atoms with E-state index in [0.29, 0.717) is 25.9 Å². The predicted octanol–water partition coefficient (Wildman–Crippen LogP) is 26.8. The largest absolute Gasteiger partial charge is 0.466 e. The number of aliphatic hydroxyl groups excluding tert-OH is 2. The van der Waals surface area contributed by atoms with Crippen LogP contribution in [0.5, 0.6) is 0 Å². The van der Waals surface area contributed by atoms with Crippen molar-refractivity contribution in [2.24, 2.45) is 0 Å². The first-order valence-corrected chi connectivity index (χ1v) is 40.6. The van der Waals surface area contributed by atoms with E-state index in [4.69, 9.17) is 4.74 Å². The number of amides is 1. The number of carbonyl (C=O) groups is 2. The molecule has 0 heterocycles. The minimum atomic E-state index is -0.667. The highest BCUT2D eigenvalue weighted by atomic mass is 16.5. The van der Waals surface area contributed by atoms with Crippen LogP contribution >= 0.6 is 0 Å². The molecule has 0 fully saturated rings. The van der Waals surface area contributed by atoms with Crippen LogP contribution in [0.25, 0.3) is 0 Å². The van der Waals surface area contributed by atoms with Gasteiger partial charge < -0.3 is 20.3 Å². The van der Waals surface area contributed by atoms with E-state index in [1.165, 1.54) is 392 Å². The lowest BCUT2D eigenvalue weighted by Gasteiger charge is -2.22. The highest BCUT2D eigenvalue weighted by Gasteiger charge is 2.20. The molecule has 0 spiro atoms. The second kappa shape index (κ2) is 77.8. The molecule has 0 saturated heterocycles. The Hall–Kier alpha value is -1.66. The summed E-state index contributed by atoms with van der Waals surface area (Å²) >= 11 is 0. The minimum Gasteiger partial charge on any atom is -0.466 e. The van der Waals surface area contributed by atoms with Crippen LogP contribution in [0.4, 0.5) is 0 Å². The highest BCUT2D eigenvalue weighted by Crippen LogP contribution is 2.20. The van der Waals surface area contributed by atoms with E-state index >= 15 is 0 Å². The number of allylic oxidation sites excluding steroid dienone is 4. The molecule has 2 unspecified atom stereocenters. The lowest BCUT2D eigenvalue weighted by molar-refractivity contribution is -0.143. The van der Waals surface area contributed by atoms with Crippen molar-refractivity contribution < 1.29 is 24.5 Å². The Morgan fingerprint density at radius 1 is 0.307 bits per heavy atom. The summed E-state index contributed by atoms with van der Waals surface area (Å²) in [6.07, 6.45) is 99.8. The second-order valence-electron chi connectivity index (χ2n) is 28.1. The molecule has 3 N–H and O–H groups in total. The van der Waals surface area contributed by atoms with Gasteiger partial charge in [-0.1, -0.05) is 398 Å². The van der Waals surface area contributed by atoms with Crippen LogP contribution in [0.15, 0.2) is 24.3 Å². The number of unbranched alkanes of at least 4 members (excludes halogenated alkanes) is 62. The third-order valence-corrected chi connectivity index (χ3v) is 19.2. The van der Waals surface area contributed by atoms with E-state index in [2.05, 4.69) is 43.5 Å². The van der Waals surface area contributed by atoms with E-state index < -0.39 is 12.1 Å². The third kappa shape index (κ3) is 73.4. The Kier molecular flexibility index (Phi) is 76.3. The molecule has 522 valence electrons. The lowest BCUT2D eigenvalue weighted by Crippen LogP contribution is -2.45. The van der Waals surface area contributed by atoms with Crippen LogP contribution in [0, 0.1) is 0 Å². The predicted molar refractivity (Wildman–Crippen MR) is 389 cm³/mol. The molecule has 0 aliphatic carbocycles. The molecule has 0 bridgehead atoms. The number of ether oxygens (including phenoxy) is 1. The molecule has 0 rings (SSSR count). The number of hydrogen-bond donors (Lipinski definition) is 3. The zero-order valence-corrected chi connectivity index (χ0v) is 60.0.